The van der Waals surface area contributed by atoms with Crippen LogP contribution in [0.5, 0.6) is 0 Å². The van der Waals surface area contributed by atoms with E-state index >= 15 is 0 Å². The first-order chi connectivity index (χ1) is 9.49. The Morgan fingerprint density at radius 2 is 1.85 bits per heavy atom. The second-order valence-electron chi connectivity index (χ2n) is 4.36. The Labute approximate surface area is 122 Å². The van der Waals surface area contributed by atoms with Crippen LogP contribution in [0.1, 0.15) is 12.0 Å². The molecule has 0 aliphatic rings. The molecule has 0 aliphatic heterocycles. The van der Waals surface area contributed by atoms with Crippen molar-refractivity contribution < 1.29 is 17.4 Å². The van der Waals surface area contributed by atoms with E-state index in [1.165, 1.54) is 0 Å². The average molecular weight is 319 g/mol. The Balaban J connectivity index is 2.54. The van der Waals surface area contributed by atoms with Crippen LogP contribution >= 0.6 is 0 Å². The molecular weight excluding hydrogens is 298 g/mol. The number of ether oxygens (including phenoxy) is 1. The molecule has 0 heterocycles. The zero-order valence-corrected chi connectivity index (χ0v) is 13.2. The molecule has 1 rings (SSSR count). The third-order valence-corrected chi connectivity index (χ3v) is 6.21. The van der Waals surface area contributed by atoms with Crippen LogP contribution in [-0.4, -0.2) is 43.6 Å². The molecule has 1 unspecified atom stereocenters. The van der Waals surface area contributed by atoms with Crippen LogP contribution in [0.15, 0.2) is 29.2 Å². The van der Waals surface area contributed by atoms with Gasteiger partial charge < -0.3 is 10.5 Å². The van der Waals surface area contributed by atoms with Gasteiger partial charge in [0.1, 0.15) is 0 Å². The number of nitrogens with two attached hydrogens (primary N) is 1. The SMILES string of the molecule is COCCCS(=O)CCS(=O)(=O)c1ccc(CN)cc1. The maximum atomic E-state index is 12.1. The summed E-state index contributed by atoms with van der Waals surface area (Å²) < 4.78 is 40.7. The predicted octanol–water partition coefficient (Wildman–Crippen LogP) is 0.704. The molecule has 1 atom stereocenters. The third-order valence-electron chi connectivity index (χ3n) is 2.82. The van der Waals surface area contributed by atoms with E-state index in [1.54, 1.807) is 31.4 Å². The van der Waals surface area contributed by atoms with Crippen LogP contribution in [0.3, 0.4) is 0 Å². The lowest BCUT2D eigenvalue weighted by molar-refractivity contribution is 0.200. The number of methoxy groups -OCH3 is 1. The second kappa shape index (κ2) is 8.51. The summed E-state index contributed by atoms with van der Waals surface area (Å²) in [6.07, 6.45) is 0.675. The van der Waals surface area contributed by atoms with Crippen molar-refractivity contribution in [3.63, 3.8) is 0 Å². The predicted molar refractivity (Wildman–Crippen MR) is 80.8 cm³/mol. The van der Waals surface area contributed by atoms with Gasteiger partial charge >= 0.3 is 0 Å². The van der Waals surface area contributed by atoms with Gasteiger partial charge in [0.2, 0.25) is 0 Å². The van der Waals surface area contributed by atoms with E-state index in [2.05, 4.69) is 0 Å². The van der Waals surface area contributed by atoms with E-state index in [0.29, 0.717) is 25.3 Å². The van der Waals surface area contributed by atoms with Crippen LogP contribution in [0.4, 0.5) is 0 Å². The lowest BCUT2D eigenvalue weighted by Crippen LogP contribution is -2.16. The molecule has 0 aliphatic carbocycles. The molecule has 20 heavy (non-hydrogen) atoms. The fourth-order valence-corrected chi connectivity index (χ4v) is 4.67. The first-order valence-corrected chi connectivity index (χ1v) is 9.49. The van der Waals surface area contributed by atoms with Gasteiger partial charge in [-0.3, -0.25) is 4.21 Å². The highest BCUT2D eigenvalue weighted by molar-refractivity contribution is 7.93. The van der Waals surface area contributed by atoms with E-state index in [-0.39, 0.29) is 16.4 Å². The number of benzene rings is 1. The Morgan fingerprint density at radius 3 is 2.40 bits per heavy atom. The Hall–Kier alpha value is -0.760. The molecule has 0 saturated carbocycles. The topological polar surface area (TPSA) is 86.5 Å². The summed E-state index contributed by atoms with van der Waals surface area (Å²) in [4.78, 5) is 0.253. The monoisotopic (exact) mass is 319 g/mol. The fraction of sp³-hybridized carbons (Fsp3) is 0.538. The molecular formula is C13H21NO4S2. The third kappa shape index (κ3) is 5.70. The average Bonchev–Trinajstić information content (AvgIpc) is 2.45. The largest absolute Gasteiger partial charge is 0.385 e. The van der Waals surface area contributed by atoms with Crippen molar-refractivity contribution in [2.75, 3.05) is 31.0 Å². The van der Waals surface area contributed by atoms with E-state index < -0.39 is 20.6 Å². The van der Waals surface area contributed by atoms with Gasteiger partial charge in [-0.1, -0.05) is 12.1 Å². The van der Waals surface area contributed by atoms with Gasteiger partial charge in [-0.2, -0.15) is 0 Å². The standard InChI is InChI=1S/C13H21NO4S2/c1-18-7-2-8-19(15)9-10-20(16,17)13-5-3-12(11-14)4-6-13/h3-6H,2,7-11,14H2,1H3. The maximum absolute atomic E-state index is 12.1. The van der Waals surface area contributed by atoms with Crippen molar-refractivity contribution in [3.8, 4) is 0 Å². The van der Waals surface area contributed by atoms with Crippen LogP contribution in [0, 0.1) is 0 Å². The minimum absolute atomic E-state index is 0.103. The van der Waals surface area contributed by atoms with Crippen molar-refractivity contribution in [2.45, 2.75) is 17.9 Å². The van der Waals surface area contributed by atoms with Gasteiger partial charge in [-0.05, 0) is 24.1 Å². The molecule has 0 fully saturated rings. The summed E-state index contributed by atoms with van der Waals surface area (Å²) >= 11 is 0. The van der Waals surface area contributed by atoms with Gasteiger partial charge in [-0.25, -0.2) is 8.42 Å². The molecule has 0 bridgehead atoms. The van der Waals surface area contributed by atoms with Crippen LogP contribution in [-0.2, 0) is 31.9 Å². The first-order valence-electron chi connectivity index (χ1n) is 6.35. The lowest BCUT2D eigenvalue weighted by atomic mass is 10.2. The summed E-state index contributed by atoms with van der Waals surface area (Å²) in [5.74, 6) is 0.523. The molecule has 1 aromatic rings. The summed E-state index contributed by atoms with van der Waals surface area (Å²) in [6, 6.07) is 6.49. The van der Waals surface area contributed by atoms with Crippen molar-refractivity contribution in [2.24, 2.45) is 5.73 Å². The molecule has 0 radical (unpaired) electrons. The number of rotatable bonds is 9. The Bertz CT molecular complexity index is 526. The van der Waals surface area contributed by atoms with E-state index in [1.807, 2.05) is 0 Å². The van der Waals surface area contributed by atoms with Crippen LogP contribution in [0.2, 0.25) is 0 Å². The van der Waals surface area contributed by atoms with Crippen LogP contribution in [0.25, 0.3) is 0 Å². The first kappa shape index (κ1) is 17.3. The maximum Gasteiger partial charge on any atom is 0.179 e. The number of hydrogen-bond acceptors (Lipinski definition) is 5. The minimum atomic E-state index is -3.38. The van der Waals surface area contributed by atoms with Crippen molar-refractivity contribution in [3.05, 3.63) is 29.8 Å². The summed E-state index contributed by atoms with van der Waals surface area (Å²) in [7, 11) is -2.92. The van der Waals surface area contributed by atoms with Gasteiger partial charge in [0.25, 0.3) is 0 Å². The van der Waals surface area contributed by atoms with Crippen molar-refractivity contribution >= 4 is 20.6 Å². The highest BCUT2D eigenvalue weighted by Gasteiger charge is 2.15. The molecule has 1 aromatic carbocycles. The van der Waals surface area contributed by atoms with Crippen molar-refractivity contribution in [1.82, 2.24) is 0 Å². The van der Waals surface area contributed by atoms with E-state index in [0.717, 1.165) is 5.56 Å². The fourth-order valence-electron chi connectivity index (χ4n) is 1.62. The second-order valence-corrected chi connectivity index (χ2v) is 8.17. The zero-order chi connectivity index (χ0) is 15.0. The highest BCUT2D eigenvalue weighted by atomic mass is 32.2. The van der Waals surface area contributed by atoms with E-state index in [4.69, 9.17) is 10.5 Å². The molecule has 0 amide bonds. The molecule has 114 valence electrons. The summed E-state index contributed by atoms with van der Waals surface area (Å²) in [5.41, 5.74) is 6.35. The Morgan fingerprint density at radius 1 is 1.20 bits per heavy atom. The van der Waals surface area contributed by atoms with Gasteiger partial charge in [0, 0.05) is 42.6 Å². The number of hydrogen-bond donors (Lipinski definition) is 1. The van der Waals surface area contributed by atoms with Gasteiger partial charge in [0.15, 0.2) is 9.84 Å². The smallest absolute Gasteiger partial charge is 0.179 e. The molecule has 7 heteroatoms. The summed E-state index contributed by atoms with van der Waals surface area (Å²) in [6.45, 7) is 0.920. The Kier molecular flexibility index (Phi) is 7.36. The zero-order valence-electron chi connectivity index (χ0n) is 11.6. The quantitative estimate of drug-likeness (QED) is 0.677. The molecule has 2 N–H and O–H groups in total. The highest BCUT2D eigenvalue weighted by Crippen LogP contribution is 2.12. The van der Waals surface area contributed by atoms with Gasteiger partial charge in [0.05, 0.1) is 10.6 Å². The van der Waals surface area contributed by atoms with E-state index in [9.17, 15) is 12.6 Å². The molecule has 0 spiro atoms. The van der Waals surface area contributed by atoms with Crippen molar-refractivity contribution in [1.29, 1.82) is 0 Å². The molecule has 0 saturated heterocycles. The van der Waals surface area contributed by atoms with Gasteiger partial charge in [-0.15, -0.1) is 0 Å². The number of sulfone groups is 1. The summed E-state index contributed by atoms with van der Waals surface area (Å²) in [5, 5.41) is 0. The molecule has 0 aromatic heterocycles. The lowest BCUT2D eigenvalue weighted by Gasteiger charge is -2.06. The minimum Gasteiger partial charge on any atom is -0.385 e. The normalized spacial score (nSPS) is 13.3. The van der Waals surface area contributed by atoms with Crippen LogP contribution < -0.4 is 5.73 Å². The molecule has 5 nitrogen and oxygen atoms in total.